The van der Waals surface area contributed by atoms with Crippen LogP contribution in [0.4, 0.5) is 0 Å². The normalized spacial score (nSPS) is 11.9. The van der Waals surface area contributed by atoms with Crippen LogP contribution in [0, 0.1) is 3.57 Å². The number of rotatable bonds is 8. The average Bonchev–Trinajstić information content (AvgIpc) is 2.47. The first-order valence-corrected chi connectivity index (χ1v) is 8.64. The highest BCUT2D eigenvalue weighted by Gasteiger charge is 2.38. The van der Waals surface area contributed by atoms with Gasteiger partial charge in [-0.2, -0.15) is 0 Å². The molecule has 0 saturated heterocycles. The van der Waals surface area contributed by atoms with Gasteiger partial charge in [-0.25, -0.2) is 0 Å². The lowest BCUT2D eigenvalue weighted by Gasteiger charge is -2.41. The lowest BCUT2D eigenvalue weighted by molar-refractivity contribution is -0.131. The van der Waals surface area contributed by atoms with Crippen molar-refractivity contribution in [3.63, 3.8) is 0 Å². The van der Waals surface area contributed by atoms with Crippen LogP contribution >= 0.6 is 22.6 Å². The Morgan fingerprint density at radius 3 is 1.95 bits per heavy atom. The molecule has 0 aliphatic carbocycles. The SMILES string of the molecule is CCN(CC)C(CC)(CC)C(=O)Cc1ccc(I)cc1. The van der Waals surface area contributed by atoms with Crippen molar-refractivity contribution in [1.29, 1.82) is 0 Å². The Bertz CT molecular complexity index is 419. The number of carbonyl (C=O) groups excluding carboxylic acids is 1. The molecule has 0 N–H and O–H groups in total. The molecule has 112 valence electrons. The van der Waals surface area contributed by atoms with Gasteiger partial charge in [0.1, 0.15) is 0 Å². The highest BCUT2D eigenvalue weighted by molar-refractivity contribution is 14.1. The predicted octanol–water partition coefficient (Wildman–Crippen LogP) is 4.30. The molecule has 0 bridgehead atoms. The second kappa shape index (κ2) is 8.13. The molecule has 0 amide bonds. The van der Waals surface area contributed by atoms with E-state index in [2.05, 4.69) is 79.5 Å². The summed E-state index contributed by atoms with van der Waals surface area (Å²) in [5.74, 6) is 0.354. The Labute approximate surface area is 137 Å². The standard InChI is InChI=1S/C17H26INO/c1-5-17(6-2,19(7-3)8-4)16(20)13-14-9-11-15(18)12-10-14/h9-12H,5-8,13H2,1-4H3. The number of nitrogens with zero attached hydrogens (tertiary/aromatic N) is 1. The summed E-state index contributed by atoms with van der Waals surface area (Å²) in [4.78, 5) is 15.2. The van der Waals surface area contributed by atoms with Gasteiger partial charge in [-0.1, -0.05) is 39.8 Å². The topological polar surface area (TPSA) is 20.3 Å². The summed E-state index contributed by atoms with van der Waals surface area (Å²) in [6, 6.07) is 8.27. The molecule has 0 aliphatic heterocycles. The number of likely N-dealkylation sites (N-methyl/N-ethyl adjacent to an activating group) is 1. The maximum Gasteiger partial charge on any atom is 0.157 e. The van der Waals surface area contributed by atoms with E-state index >= 15 is 0 Å². The van der Waals surface area contributed by atoms with Crippen LogP contribution in [0.5, 0.6) is 0 Å². The molecular weight excluding hydrogens is 361 g/mol. The number of halogens is 1. The maximum atomic E-state index is 12.9. The van der Waals surface area contributed by atoms with E-state index in [-0.39, 0.29) is 5.54 Å². The zero-order valence-corrected chi connectivity index (χ0v) is 15.2. The van der Waals surface area contributed by atoms with Crippen LogP contribution in [0.3, 0.4) is 0 Å². The van der Waals surface area contributed by atoms with Crippen molar-refractivity contribution in [1.82, 2.24) is 4.90 Å². The van der Waals surface area contributed by atoms with E-state index in [1.54, 1.807) is 0 Å². The summed E-state index contributed by atoms with van der Waals surface area (Å²) < 4.78 is 1.21. The monoisotopic (exact) mass is 387 g/mol. The Morgan fingerprint density at radius 1 is 1.05 bits per heavy atom. The number of Topliss-reactive ketones (excluding diaryl/α,β-unsaturated/α-hetero) is 1. The summed E-state index contributed by atoms with van der Waals surface area (Å²) in [5, 5.41) is 0. The molecule has 0 heterocycles. The van der Waals surface area contributed by atoms with Gasteiger partial charge in [-0.3, -0.25) is 9.69 Å². The van der Waals surface area contributed by atoms with Gasteiger partial charge in [-0.15, -0.1) is 0 Å². The number of ketones is 1. The van der Waals surface area contributed by atoms with Gasteiger partial charge < -0.3 is 0 Å². The van der Waals surface area contributed by atoms with Gasteiger partial charge in [0.2, 0.25) is 0 Å². The lowest BCUT2D eigenvalue weighted by Crippen LogP contribution is -2.54. The molecule has 20 heavy (non-hydrogen) atoms. The van der Waals surface area contributed by atoms with Crippen LogP contribution in [0.1, 0.15) is 46.1 Å². The summed E-state index contributed by atoms with van der Waals surface area (Å²) in [7, 11) is 0. The van der Waals surface area contributed by atoms with E-state index in [1.807, 2.05) is 0 Å². The molecule has 0 aromatic heterocycles. The molecule has 0 saturated carbocycles. The molecule has 1 aromatic rings. The van der Waals surface area contributed by atoms with Gasteiger partial charge in [0.05, 0.1) is 5.54 Å². The molecule has 0 unspecified atom stereocenters. The molecule has 2 nitrogen and oxygen atoms in total. The molecule has 0 atom stereocenters. The van der Waals surface area contributed by atoms with Crippen LogP contribution < -0.4 is 0 Å². The van der Waals surface area contributed by atoms with Crippen LogP contribution in [0.2, 0.25) is 0 Å². The molecular formula is C17H26INO. The second-order valence-electron chi connectivity index (χ2n) is 5.14. The number of benzene rings is 1. The summed E-state index contributed by atoms with van der Waals surface area (Å²) in [5.41, 5.74) is 0.820. The van der Waals surface area contributed by atoms with Crippen molar-refractivity contribution in [3.8, 4) is 0 Å². The largest absolute Gasteiger partial charge is 0.297 e. The zero-order chi connectivity index (χ0) is 15.2. The molecule has 3 heteroatoms. The van der Waals surface area contributed by atoms with Gasteiger partial charge in [-0.05, 0) is 66.2 Å². The van der Waals surface area contributed by atoms with Crippen molar-refractivity contribution >= 4 is 28.4 Å². The van der Waals surface area contributed by atoms with E-state index in [4.69, 9.17) is 0 Å². The van der Waals surface area contributed by atoms with Crippen LogP contribution in [-0.2, 0) is 11.2 Å². The Balaban J connectivity index is 2.96. The fraction of sp³-hybridized carbons (Fsp3) is 0.588. The average molecular weight is 387 g/mol. The van der Waals surface area contributed by atoms with E-state index in [9.17, 15) is 4.79 Å². The molecule has 1 aromatic carbocycles. The molecule has 0 fully saturated rings. The first-order chi connectivity index (χ1) is 9.53. The first kappa shape index (κ1) is 17.6. The lowest BCUT2D eigenvalue weighted by atomic mass is 9.83. The predicted molar refractivity (Wildman–Crippen MR) is 94.1 cm³/mol. The van der Waals surface area contributed by atoms with Crippen molar-refractivity contribution in [2.24, 2.45) is 0 Å². The quantitative estimate of drug-likeness (QED) is 0.620. The van der Waals surface area contributed by atoms with E-state index in [0.717, 1.165) is 31.5 Å². The maximum absolute atomic E-state index is 12.9. The van der Waals surface area contributed by atoms with Crippen LogP contribution in [-0.4, -0.2) is 29.3 Å². The van der Waals surface area contributed by atoms with Crippen molar-refractivity contribution in [2.75, 3.05) is 13.1 Å². The zero-order valence-electron chi connectivity index (χ0n) is 13.1. The summed E-state index contributed by atoms with van der Waals surface area (Å²) >= 11 is 2.29. The smallest absolute Gasteiger partial charge is 0.157 e. The summed E-state index contributed by atoms with van der Waals surface area (Å²) in [6.07, 6.45) is 2.30. The molecule has 0 aliphatic rings. The minimum atomic E-state index is -0.299. The molecule has 0 radical (unpaired) electrons. The van der Waals surface area contributed by atoms with Crippen LogP contribution in [0.25, 0.3) is 0 Å². The third-order valence-electron chi connectivity index (χ3n) is 4.34. The Kier molecular flexibility index (Phi) is 7.17. The van der Waals surface area contributed by atoms with Crippen molar-refractivity contribution < 1.29 is 4.79 Å². The Morgan fingerprint density at radius 2 is 1.55 bits per heavy atom. The highest BCUT2D eigenvalue weighted by atomic mass is 127. The van der Waals surface area contributed by atoms with Gasteiger partial charge in [0, 0.05) is 9.99 Å². The van der Waals surface area contributed by atoms with E-state index < -0.39 is 0 Å². The van der Waals surface area contributed by atoms with Crippen LogP contribution in [0.15, 0.2) is 24.3 Å². The van der Waals surface area contributed by atoms with Crippen molar-refractivity contribution in [2.45, 2.75) is 52.5 Å². The number of carbonyl (C=O) groups is 1. The van der Waals surface area contributed by atoms with Gasteiger partial charge in [0.15, 0.2) is 5.78 Å². The fourth-order valence-corrected chi connectivity index (χ4v) is 3.41. The third-order valence-corrected chi connectivity index (χ3v) is 5.05. The van der Waals surface area contributed by atoms with E-state index in [0.29, 0.717) is 12.2 Å². The minimum absolute atomic E-state index is 0.299. The van der Waals surface area contributed by atoms with Crippen molar-refractivity contribution in [3.05, 3.63) is 33.4 Å². The number of hydrogen-bond donors (Lipinski definition) is 0. The fourth-order valence-electron chi connectivity index (χ4n) is 3.05. The van der Waals surface area contributed by atoms with Gasteiger partial charge >= 0.3 is 0 Å². The molecule has 0 spiro atoms. The second-order valence-corrected chi connectivity index (χ2v) is 6.38. The molecule has 1 rings (SSSR count). The first-order valence-electron chi connectivity index (χ1n) is 7.56. The van der Waals surface area contributed by atoms with Gasteiger partial charge in [0.25, 0.3) is 0 Å². The van der Waals surface area contributed by atoms with E-state index in [1.165, 1.54) is 3.57 Å². The minimum Gasteiger partial charge on any atom is -0.297 e. The number of hydrogen-bond acceptors (Lipinski definition) is 2. The highest BCUT2D eigenvalue weighted by Crippen LogP contribution is 2.27. The Hall–Kier alpha value is -0.420. The third kappa shape index (κ3) is 3.82. The summed E-state index contributed by atoms with van der Waals surface area (Å²) in [6.45, 7) is 10.4.